The van der Waals surface area contributed by atoms with Crippen molar-refractivity contribution in [3.05, 3.63) is 35.4 Å². The third-order valence-corrected chi connectivity index (χ3v) is 4.04. The van der Waals surface area contributed by atoms with Crippen LogP contribution in [0.2, 0.25) is 0 Å². The molecule has 0 N–H and O–H groups in total. The van der Waals surface area contributed by atoms with Crippen molar-refractivity contribution in [1.29, 1.82) is 0 Å². The largest absolute Gasteiger partial charge is 0.299 e. The van der Waals surface area contributed by atoms with E-state index in [2.05, 4.69) is 17.0 Å². The number of carbonyl (C=O) groups is 1. The molecule has 17 heavy (non-hydrogen) atoms. The number of Topliss-reactive ketones (excluding diaryl/α,β-unsaturated/α-hetero) is 1. The molecule has 1 saturated heterocycles. The van der Waals surface area contributed by atoms with Crippen LogP contribution < -0.4 is 0 Å². The minimum Gasteiger partial charge on any atom is -0.299 e. The zero-order valence-corrected chi connectivity index (χ0v) is 10.2. The summed E-state index contributed by atoms with van der Waals surface area (Å²) in [4.78, 5) is 14.6. The monoisotopic (exact) mass is 229 g/mol. The van der Waals surface area contributed by atoms with Gasteiger partial charge in [-0.2, -0.15) is 0 Å². The molecule has 0 atom stereocenters. The van der Waals surface area contributed by atoms with Gasteiger partial charge in [-0.3, -0.25) is 9.69 Å². The van der Waals surface area contributed by atoms with E-state index in [0.29, 0.717) is 11.7 Å². The lowest BCUT2D eigenvalue weighted by atomic mass is 9.80. The maximum Gasteiger partial charge on any atom is 0.165 e. The summed E-state index contributed by atoms with van der Waals surface area (Å²) in [6.45, 7) is 3.42. The molecule has 1 heterocycles. The Morgan fingerprint density at radius 2 is 2.06 bits per heavy atom. The number of nitrogens with zero attached hydrogens (tertiary/aromatic N) is 1. The Morgan fingerprint density at radius 1 is 1.24 bits per heavy atom. The van der Waals surface area contributed by atoms with Gasteiger partial charge in [0.2, 0.25) is 0 Å². The number of benzene rings is 1. The molecule has 1 aromatic rings. The smallest absolute Gasteiger partial charge is 0.165 e. The second-order valence-electron chi connectivity index (χ2n) is 5.32. The maximum absolute atomic E-state index is 12.1. The van der Waals surface area contributed by atoms with Crippen molar-refractivity contribution in [3.63, 3.8) is 0 Å². The standard InChI is InChI=1S/C15H19NO/c17-15(13-5-2-6-13)14-7-1-4-12(10-14)11-16-8-3-9-16/h1,4,7,10,13H,2-3,5-6,8-9,11H2. The van der Waals surface area contributed by atoms with E-state index >= 15 is 0 Å². The fraction of sp³-hybridized carbons (Fsp3) is 0.533. The van der Waals surface area contributed by atoms with Gasteiger partial charge in [-0.15, -0.1) is 0 Å². The summed E-state index contributed by atoms with van der Waals surface area (Å²) in [6, 6.07) is 8.23. The molecule has 1 saturated carbocycles. The average Bonchev–Trinajstić information content (AvgIpc) is 2.21. The zero-order chi connectivity index (χ0) is 11.7. The lowest BCUT2D eigenvalue weighted by Crippen LogP contribution is -2.36. The summed E-state index contributed by atoms with van der Waals surface area (Å²) in [6.07, 6.45) is 4.73. The van der Waals surface area contributed by atoms with Gasteiger partial charge < -0.3 is 0 Å². The fourth-order valence-electron chi connectivity index (χ4n) is 2.53. The van der Waals surface area contributed by atoms with Crippen LogP contribution in [0, 0.1) is 5.92 Å². The lowest BCUT2D eigenvalue weighted by Gasteiger charge is -2.30. The third-order valence-electron chi connectivity index (χ3n) is 4.04. The van der Waals surface area contributed by atoms with Gasteiger partial charge in [0.15, 0.2) is 5.78 Å². The Morgan fingerprint density at radius 3 is 2.65 bits per heavy atom. The molecule has 2 fully saturated rings. The normalized spacial score (nSPS) is 20.7. The Balaban J connectivity index is 1.70. The first-order chi connectivity index (χ1) is 8.33. The summed E-state index contributed by atoms with van der Waals surface area (Å²) in [7, 11) is 0. The van der Waals surface area contributed by atoms with Crippen LogP contribution in [0.5, 0.6) is 0 Å². The summed E-state index contributed by atoms with van der Waals surface area (Å²) < 4.78 is 0. The molecule has 0 unspecified atom stereocenters. The average molecular weight is 229 g/mol. The number of likely N-dealkylation sites (tertiary alicyclic amines) is 1. The molecule has 1 aromatic carbocycles. The van der Waals surface area contributed by atoms with Gasteiger partial charge in [0.25, 0.3) is 0 Å². The van der Waals surface area contributed by atoms with Crippen LogP contribution in [0.15, 0.2) is 24.3 Å². The first-order valence-electron chi connectivity index (χ1n) is 6.68. The SMILES string of the molecule is O=C(c1cccc(CN2CCC2)c1)C1CCC1. The predicted molar refractivity (Wildman–Crippen MR) is 68.0 cm³/mol. The van der Waals surface area contributed by atoms with Crippen molar-refractivity contribution in [1.82, 2.24) is 4.90 Å². The molecule has 0 radical (unpaired) electrons. The highest BCUT2D eigenvalue weighted by atomic mass is 16.1. The van der Waals surface area contributed by atoms with E-state index in [1.807, 2.05) is 12.1 Å². The minimum atomic E-state index is 0.314. The molecule has 0 bridgehead atoms. The Kier molecular flexibility index (Phi) is 2.98. The van der Waals surface area contributed by atoms with Gasteiger partial charge in [0, 0.05) is 18.0 Å². The fourth-order valence-corrected chi connectivity index (χ4v) is 2.53. The molecule has 1 aliphatic heterocycles. The van der Waals surface area contributed by atoms with Crippen LogP contribution in [0.1, 0.15) is 41.6 Å². The number of hydrogen-bond donors (Lipinski definition) is 0. The molecule has 1 aliphatic carbocycles. The van der Waals surface area contributed by atoms with Gasteiger partial charge in [0.05, 0.1) is 0 Å². The number of hydrogen-bond acceptors (Lipinski definition) is 2. The Bertz CT molecular complexity index is 419. The molecule has 0 spiro atoms. The summed E-state index contributed by atoms with van der Waals surface area (Å²) >= 11 is 0. The molecule has 0 amide bonds. The van der Waals surface area contributed by atoms with Gasteiger partial charge in [0.1, 0.15) is 0 Å². The second kappa shape index (κ2) is 4.61. The van der Waals surface area contributed by atoms with E-state index in [9.17, 15) is 4.79 Å². The molecule has 3 rings (SSSR count). The number of carbonyl (C=O) groups excluding carboxylic acids is 1. The van der Waals surface area contributed by atoms with Crippen LogP contribution >= 0.6 is 0 Å². The van der Waals surface area contributed by atoms with Crippen molar-refractivity contribution in [3.8, 4) is 0 Å². The molecule has 2 heteroatoms. The van der Waals surface area contributed by atoms with Crippen LogP contribution in [-0.2, 0) is 6.54 Å². The van der Waals surface area contributed by atoms with Crippen molar-refractivity contribution < 1.29 is 4.79 Å². The molecule has 2 nitrogen and oxygen atoms in total. The Hall–Kier alpha value is -1.15. The highest BCUT2D eigenvalue weighted by Gasteiger charge is 2.26. The quantitative estimate of drug-likeness (QED) is 0.740. The van der Waals surface area contributed by atoms with E-state index in [1.165, 1.54) is 31.5 Å². The van der Waals surface area contributed by atoms with E-state index in [1.54, 1.807) is 0 Å². The summed E-state index contributed by atoms with van der Waals surface area (Å²) in [5.74, 6) is 0.677. The molecule has 90 valence electrons. The number of rotatable bonds is 4. The van der Waals surface area contributed by atoms with Crippen LogP contribution in [0.25, 0.3) is 0 Å². The Labute approximate surface area is 103 Å². The topological polar surface area (TPSA) is 20.3 Å². The van der Waals surface area contributed by atoms with Gasteiger partial charge >= 0.3 is 0 Å². The van der Waals surface area contributed by atoms with Gasteiger partial charge in [-0.25, -0.2) is 0 Å². The minimum absolute atomic E-state index is 0.314. The van der Waals surface area contributed by atoms with E-state index in [4.69, 9.17) is 0 Å². The maximum atomic E-state index is 12.1. The number of ketones is 1. The third kappa shape index (κ3) is 2.27. The van der Waals surface area contributed by atoms with Crippen LogP contribution in [0.4, 0.5) is 0 Å². The van der Waals surface area contributed by atoms with E-state index in [0.717, 1.165) is 24.9 Å². The molecular formula is C15H19NO. The highest BCUT2D eigenvalue weighted by molar-refractivity contribution is 5.98. The predicted octanol–water partition coefficient (Wildman–Crippen LogP) is 2.88. The van der Waals surface area contributed by atoms with E-state index in [-0.39, 0.29) is 0 Å². The zero-order valence-electron chi connectivity index (χ0n) is 10.2. The van der Waals surface area contributed by atoms with Gasteiger partial charge in [-0.05, 0) is 44.0 Å². The van der Waals surface area contributed by atoms with E-state index < -0.39 is 0 Å². The van der Waals surface area contributed by atoms with Crippen molar-refractivity contribution in [2.75, 3.05) is 13.1 Å². The van der Waals surface area contributed by atoms with Crippen molar-refractivity contribution in [2.45, 2.75) is 32.2 Å². The molecule has 2 aliphatic rings. The highest BCUT2D eigenvalue weighted by Crippen LogP contribution is 2.30. The molecule has 0 aromatic heterocycles. The van der Waals surface area contributed by atoms with Crippen molar-refractivity contribution in [2.24, 2.45) is 5.92 Å². The van der Waals surface area contributed by atoms with Gasteiger partial charge in [-0.1, -0.05) is 24.6 Å². The second-order valence-corrected chi connectivity index (χ2v) is 5.32. The van der Waals surface area contributed by atoms with Crippen LogP contribution in [-0.4, -0.2) is 23.8 Å². The molecular weight excluding hydrogens is 210 g/mol. The first-order valence-corrected chi connectivity index (χ1v) is 6.68. The summed E-state index contributed by atoms with van der Waals surface area (Å²) in [5.41, 5.74) is 2.21. The van der Waals surface area contributed by atoms with Crippen LogP contribution in [0.3, 0.4) is 0 Å². The lowest BCUT2D eigenvalue weighted by molar-refractivity contribution is 0.0855. The summed E-state index contributed by atoms with van der Waals surface area (Å²) in [5, 5.41) is 0. The van der Waals surface area contributed by atoms with Crippen molar-refractivity contribution >= 4 is 5.78 Å². The first kappa shape index (κ1) is 11.0.